The summed E-state index contributed by atoms with van der Waals surface area (Å²) in [6, 6.07) is 13.7. The molecule has 6 heteroatoms. The van der Waals surface area contributed by atoms with Gasteiger partial charge in [0.25, 0.3) is 5.91 Å². The van der Waals surface area contributed by atoms with Crippen LogP contribution in [-0.4, -0.2) is 48.5 Å². The second-order valence-corrected chi connectivity index (χ2v) is 7.77. The summed E-state index contributed by atoms with van der Waals surface area (Å²) in [5.41, 5.74) is 2.33. The molecule has 1 heterocycles. The van der Waals surface area contributed by atoms with Crippen molar-refractivity contribution in [2.24, 2.45) is 0 Å². The van der Waals surface area contributed by atoms with Crippen molar-refractivity contribution in [3.05, 3.63) is 63.1 Å². The molecule has 1 fully saturated rings. The predicted octanol–water partition coefficient (Wildman–Crippen LogP) is 4.13. The van der Waals surface area contributed by atoms with Gasteiger partial charge >= 0.3 is 0 Å². The number of piperazine rings is 1. The summed E-state index contributed by atoms with van der Waals surface area (Å²) in [6.45, 7) is 6.16. The zero-order chi connectivity index (χ0) is 18.5. The van der Waals surface area contributed by atoms with Gasteiger partial charge < -0.3 is 9.64 Å². The normalized spacial score (nSPS) is 15.1. The number of hydrogen-bond donors (Lipinski definition) is 0. The summed E-state index contributed by atoms with van der Waals surface area (Å²) in [5.74, 6) is 0.761. The van der Waals surface area contributed by atoms with Crippen LogP contribution in [0.15, 0.2) is 46.9 Å². The van der Waals surface area contributed by atoms with Crippen molar-refractivity contribution in [1.29, 1.82) is 0 Å². The molecule has 0 bridgehead atoms. The summed E-state index contributed by atoms with van der Waals surface area (Å²) in [7, 11) is 0. The molecule has 0 spiro atoms. The second kappa shape index (κ2) is 8.89. The summed E-state index contributed by atoms with van der Waals surface area (Å²) < 4.78 is 6.69. The first kappa shape index (κ1) is 19.2. The number of amides is 1. The summed E-state index contributed by atoms with van der Waals surface area (Å²) in [6.07, 6.45) is 0. The van der Waals surface area contributed by atoms with E-state index in [9.17, 15) is 4.79 Å². The number of halogens is 2. The minimum Gasteiger partial charge on any atom is -0.484 e. The Morgan fingerprint density at radius 3 is 2.46 bits per heavy atom. The fourth-order valence-corrected chi connectivity index (χ4v) is 3.32. The minimum atomic E-state index is 0.0386. The van der Waals surface area contributed by atoms with Crippen molar-refractivity contribution in [2.75, 3.05) is 32.8 Å². The molecule has 2 aromatic rings. The molecule has 0 atom stereocenters. The van der Waals surface area contributed by atoms with E-state index in [1.807, 2.05) is 54.3 Å². The highest BCUT2D eigenvalue weighted by atomic mass is 79.9. The van der Waals surface area contributed by atoms with Crippen LogP contribution in [0.2, 0.25) is 5.02 Å². The van der Waals surface area contributed by atoms with Crippen LogP contribution < -0.4 is 4.74 Å². The Morgan fingerprint density at radius 1 is 1.12 bits per heavy atom. The number of hydrogen-bond acceptors (Lipinski definition) is 3. The van der Waals surface area contributed by atoms with E-state index in [0.717, 1.165) is 53.5 Å². The zero-order valence-corrected chi connectivity index (χ0v) is 17.1. The Labute approximate surface area is 167 Å². The third kappa shape index (κ3) is 5.22. The van der Waals surface area contributed by atoms with Gasteiger partial charge in [0.15, 0.2) is 6.61 Å². The Balaban J connectivity index is 1.44. The molecule has 3 rings (SSSR count). The molecule has 138 valence electrons. The molecule has 2 aromatic carbocycles. The first-order valence-electron chi connectivity index (χ1n) is 8.65. The first-order chi connectivity index (χ1) is 12.5. The van der Waals surface area contributed by atoms with Gasteiger partial charge in [-0.15, -0.1) is 0 Å². The molecule has 0 unspecified atom stereocenters. The molecular weight excluding hydrogens is 416 g/mol. The Bertz CT molecular complexity index is 759. The van der Waals surface area contributed by atoms with Crippen LogP contribution in [-0.2, 0) is 11.3 Å². The average Bonchev–Trinajstić information content (AvgIpc) is 2.65. The van der Waals surface area contributed by atoms with E-state index < -0.39 is 0 Å². The molecule has 0 saturated carbocycles. The van der Waals surface area contributed by atoms with Gasteiger partial charge in [-0.3, -0.25) is 9.69 Å². The van der Waals surface area contributed by atoms with Gasteiger partial charge in [-0.2, -0.15) is 0 Å². The fraction of sp³-hybridized carbons (Fsp3) is 0.350. The van der Waals surface area contributed by atoms with Crippen molar-refractivity contribution in [2.45, 2.75) is 13.5 Å². The molecule has 0 aromatic heterocycles. The largest absolute Gasteiger partial charge is 0.484 e. The maximum atomic E-state index is 12.4. The van der Waals surface area contributed by atoms with Crippen molar-refractivity contribution < 1.29 is 9.53 Å². The molecule has 0 aliphatic carbocycles. The van der Waals surface area contributed by atoms with E-state index in [-0.39, 0.29) is 12.5 Å². The second-order valence-electron chi connectivity index (χ2n) is 6.48. The molecule has 26 heavy (non-hydrogen) atoms. The van der Waals surface area contributed by atoms with Crippen molar-refractivity contribution in [1.82, 2.24) is 9.80 Å². The lowest BCUT2D eigenvalue weighted by Gasteiger charge is -2.34. The molecule has 1 saturated heterocycles. The maximum Gasteiger partial charge on any atom is 0.260 e. The van der Waals surface area contributed by atoms with Crippen LogP contribution in [0.1, 0.15) is 11.1 Å². The maximum absolute atomic E-state index is 12.4. The molecular formula is C20H22BrClN2O2. The molecule has 4 nitrogen and oxygen atoms in total. The number of aryl methyl sites for hydroxylation is 1. The zero-order valence-electron chi connectivity index (χ0n) is 14.8. The van der Waals surface area contributed by atoms with E-state index in [4.69, 9.17) is 16.3 Å². The smallest absolute Gasteiger partial charge is 0.260 e. The number of rotatable bonds is 5. The van der Waals surface area contributed by atoms with Crippen LogP contribution in [0, 0.1) is 6.92 Å². The lowest BCUT2D eigenvalue weighted by Crippen LogP contribution is -2.49. The Kier molecular flexibility index (Phi) is 6.57. The Hall–Kier alpha value is -1.56. The van der Waals surface area contributed by atoms with Crippen molar-refractivity contribution in [3.8, 4) is 5.75 Å². The van der Waals surface area contributed by atoms with Crippen molar-refractivity contribution >= 4 is 33.4 Å². The summed E-state index contributed by atoms with van der Waals surface area (Å²) in [5, 5.41) is 0.755. The van der Waals surface area contributed by atoms with Gasteiger partial charge in [-0.25, -0.2) is 0 Å². The monoisotopic (exact) mass is 436 g/mol. The number of carbonyl (C=O) groups excluding carboxylic acids is 1. The fourth-order valence-electron chi connectivity index (χ4n) is 2.95. The van der Waals surface area contributed by atoms with E-state index in [1.165, 1.54) is 5.56 Å². The first-order valence-corrected chi connectivity index (χ1v) is 9.82. The highest BCUT2D eigenvalue weighted by Crippen LogP contribution is 2.21. The SMILES string of the molecule is Cc1cc(OCC(=O)N2CCN(Cc3ccc(Cl)cc3)CC2)ccc1Br. The molecule has 0 N–H and O–H groups in total. The summed E-state index contributed by atoms with van der Waals surface area (Å²) in [4.78, 5) is 16.6. The standard InChI is InChI=1S/C20H22BrClN2O2/c1-15-12-18(6-7-19(15)21)26-14-20(25)24-10-8-23(9-11-24)13-16-2-4-17(22)5-3-16/h2-7,12H,8-11,13-14H2,1H3. The molecule has 1 aliphatic rings. The predicted molar refractivity (Wildman–Crippen MR) is 108 cm³/mol. The number of carbonyl (C=O) groups is 1. The van der Waals surface area contributed by atoms with E-state index in [0.29, 0.717) is 0 Å². The van der Waals surface area contributed by atoms with E-state index >= 15 is 0 Å². The number of benzene rings is 2. The van der Waals surface area contributed by atoms with Crippen LogP contribution in [0.25, 0.3) is 0 Å². The molecule has 1 aliphatic heterocycles. The summed E-state index contributed by atoms with van der Waals surface area (Å²) >= 11 is 9.39. The van der Waals surface area contributed by atoms with Gasteiger partial charge in [0.05, 0.1) is 0 Å². The van der Waals surface area contributed by atoms with Crippen LogP contribution in [0.5, 0.6) is 5.75 Å². The third-order valence-corrected chi connectivity index (χ3v) is 5.68. The van der Waals surface area contributed by atoms with Crippen LogP contribution in [0.4, 0.5) is 0 Å². The quantitative estimate of drug-likeness (QED) is 0.705. The number of nitrogens with zero attached hydrogens (tertiary/aromatic N) is 2. The Morgan fingerprint density at radius 2 is 1.81 bits per heavy atom. The van der Waals surface area contributed by atoms with Gasteiger partial charge in [0.1, 0.15) is 5.75 Å². The van der Waals surface area contributed by atoms with Crippen molar-refractivity contribution in [3.63, 3.8) is 0 Å². The topological polar surface area (TPSA) is 32.8 Å². The molecule has 0 radical (unpaired) electrons. The van der Waals surface area contributed by atoms with Gasteiger partial charge in [0.2, 0.25) is 0 Å². The van der Waals surface area contributed by atoms with Gasteiger partial charge in [-0.05, 0) is 48.4 Å². The number of ether oxygens (including phenoxy) is 1. The van der Waals surface area contributed by atoms with E-state index in [2.05, 4.69) is 20.8 Å². The van der Waals surface area contributed by atoms with Gasteiger partial charge in [-0.1, -0.05) is 39.7 Å². The van der Waals surface area contributed by atoms with Crippen LogP contribution >= 0.6 is 27.5 Å². The average molecular weight is 438 g/mol. The lowest BCUT2D eigenvalue weighted by molar-refractivity contribution is -0.135. The highest BCUT2D eigenvalue weighted by Gasteiger charge is 2.21. The minimum absolute atomic E-state index is 0.0386. The van der Waals surface area contributed by atoms with E-state index in [1.54, 1.807) is 0 Å². The van der Waals surface area contributed by atoms with Crippen LogP contribution in [0.3, 0.4) is 0 Å². The highest BCUT2D eigenvalue weighted by molar-refractivity contribution is 9.10. The van der Waals surface area contributed by atoms with Gasteiger partial charge in [0, 0.05) is 42.2 Å². The lowest BCUT2D eigenvalue weighted by atomic mass is 10.2. The molecule has 1 amide bonds. The third-order valence-electron chi connectivity index (χ3n) is 4.54.